The first-order valence-electron chi connectivity index (χ1n) is 9.95. The van der Waals surface area contributed by atoms with Crippen LogP contribution in [-0.2, 0) is 17.8 Å². The van der Waals surface area contributed by atoms with Crippen LogP contribution in [0.1, 0.15) is 11.1 Å². The number of H-pyrrole nitrogens is 1. The molecule has 146 valence electrons. The van der Waals surface area contributed by atoms with Gasteiger partial charge in [0, 0.05) is 35.9 Å². The Hall–Kier alpha value is -3.53. The molecule has 0 spiro atoms. The molecule has 0 bridgehead atoms. The van der Waals surface area contributed by atoms with Gasteiger partial charge in [0.15, 0.2) is 0 Å². The molecular formula is C25H25N3O. The number of para-hydroxylation sites is 2. The molecule has 0 unspecified atom stereocenters. The smallest absolute Gasteiger partial charge is 0.239 e. The number of hydrogen-bond donors (Lipinski definition) is 2. The fraction of sp³-hybridized carbons (Fsp3) is 0.160. The quantitative estimate of drug-likeness (QED) is 0.469. The maximum absolute atomic E-state index is 12.6. The van der Waals surface area contributed by atoms with Crippen LogP contribution >= 0.6 is 0 Å². The predicted molar refractivity (Wildman–Crippen MR) is 119 cm³/mol. The van der Waals surface area contributed by atoms with Gasteiger partial charge in [-0.1, -0.05) is 66.7 Å². The molecule has 4 heteroatoms. The van der Waals surface area contributed by atoms with Crippen molar-refractivity contribution in [1.29, 1.82) is 0 Å². The van der Waals surface area contributed by atoms with Gasteiger partial charge in [-0.3, -0.25) is 4.79 Å². The molecule has 1 amide bonds. The van der Waals surface area contributed by atoms with Crippen molar-refractivity contribution >= 4 is 22.5 Å². The minimum Gasteiger partial charge on any atom is -0.361 e. The van der Waals surface area contributed by atoms with Gasteiger partial charge in [-0.2, -0.15) is 0 Å². The third-order valence-electron chi connectivity index (χ3n) is 5.06. The summed E-state index contributed by atoms with van der Waals surface area (Å²) in [7, 11) is 0. The Morgan fingerprint density at radius 3 is 2.34 bits per heavy atom. The predicted octanol–water partition coefficient (Wildman–Crippen LogP) is 4.53. The molecule has 4 nitrogen and oxygen atoms in total. The Bertz CT molecular complexity index is 1060. The second kappa shape index (κ2) is 9.11. The molecule has 0 saturated heterocycles. The number of nitrogens with zero attached hydrogens (tertiary/aromatic N) is 1. The van der Waals surface area contributed by atoms with Crippen LogP contribution in [0.4, 0.5) is 5.69 Å². The van der Waals surface area contributed by atoms with Gasteiger partial charge in [0.05, 0.1) is 6.54 Å². The normalized spacial score (nSPS) is 10.8. The number of aromatic amines is 1. The maximum atomic E-state index is 12.6. The summed E-state index contributed by atoms with van der Waals surface area (Å²) in [6, 6.07) is 28.6. The van der Waals surface area contributed by atoms with Gasteiger partial charge in [0.1, 0.15) is 0 Å². The first-order valence-corrected chi connectivity index (χ1v) is 9.95. The minimum atomic E-state index is 0.0321. The summed E-state index contributed by atoms with van der Waals surface area (Å²) in [5.74, 6) is 0.0321. The van der Waals surface area contributed by atoms with Crippen LogP contribution in [0.3, 0.4) is 0 Å². The van der Waals surface area contributed by atoms with Crippen molar-refractivity contribution in [3.8, 4) is 0 Å². The van der Waals surface area contributed by atoms with E-state index in [1.165, 1.54) is 16.5 Å². The highest BCUT2D eigenvalue weighted by molar-refractivity contribution is 5.83. The highest BCUT2D eigenvalue weighted by Gasteiger charge is 2.12. The lowest BCUT2D eigenvalue weighted by atomic mass is 10.1. The molecule has 0 aliphatic rings. The van der Waals surface area contributed by atoms with Crippen molar-refractivity contribution in [2.75, 3.05) is 18.0 Å². The number of fused-ring (bicyclic) bond motifs is 1. The van der Waals surface area contributed by atoms with E-state index in [2.05, 4.69) is 39.5 Å². The third-order valence-corrected chi connectivity index (χ3v) is 5.06. The number of nitrogens with one attached hydrogen (secondary N) is 2. The fourth-order valence-electron chi connectivity index (χ4n) is 3.59. The summed E-state index contributed by atoms with van der Waals surface area (Å²) in [5, 5.41) is 4.30. The molecule has 0 aliphatic heterocycles. The highest BCUT2D eigenvalue weighted by atomic mass is 16.2. The average molecular weight is 383 g/mol. The molecular weight excluding hydrogens is 358 g/mol. The van der Waals surface area contributed by atoms with Crippen molar-refractivity contribution in [1.82, 2.24) is 10.3 Å². The highest BCUT2D eigenvalue weighted by Crippen LogP contribution is 2.18. The zero-order valence-electron chi connectivity index (χ0n) is 16.3. The van der Waals surface area contributed by atoms with Gasteiger partial charge in [-0.25, -0.2) is 0 Å². The number of rotatable bonds is 8. The van der Waals surface area contributed by atoms with E-state index >= 15 is 0 Å². The van der Waals surface area contributed by atoms with Gasteiger partial charge >= 0.3 is 0 Å². The lowest BCUT2D eigenvalue weighted by Gasteiger charge is -2.24. The minimum absolute atomic E-state index is 0.0321. The zero-order chi connectivity index (χ0) is 19.9. The Morgan fingerprint density at radius 2 is 1.55 bits per heavy atom. The van der Waals surface area contributed by atoms with E-state index in [0.29, 0.717) is 19.6 Å². The van der Waals surface area contributed by atoms with E-state index in [9.17, 15) is 4.79 Å². The van der Waals surface area contributed by atoms with Crippen LogP contribution in [0.25, 0.3) is 10.9 Å². The largest absolute Gasteiger partial charge is 0.361 e. The zero-order valence-corrected chi connectivity index (χ0v) is 16.3. The Kier molecular flexibility index (Phi) is 5.91. The summed E-state index contributed by atoms with van der Waals surface area (Å²) < 4.78 is 0. The number of benzene rings is 3. The molecule has 0 atom stereocenters. The number of amides is 1. The van der Waals surface area contributed by atoms with Crippen LogP contribution in [0, 0.1) is 0 Å². The summed E-state index contributed by atoms with van der Waals surface area (Å²) >= 11 is 0. The van der Waals surface area contributed by atoms with E-state index in [1.54, 1.807) is 0 Å². The topological polar surface area (TPSA) is 48.1 Å². The lowest BCUT2D eigenvalue weighted by molar-refractivity contribution is -0.119. The van der Waals surface area contributed by atoms with Crippen molar-refractivity contribution in [3.05, 3.63) is 102 Å². The van der Waals surface area contributed by atoms with Crippen LogP contribution in [0.5, 0.6) is 0 Å². The lowest BCUT2D eigenvalue weighted by Crippen LogP contribution is -2.37. The van der Waals surface area contributed by atoms with Gasteiger partial charge in [0.25, 0.3) is 0 Å². The van der Waals surface area contributed by atoms with Gasteiger partial charge in [-0.15, -0.1) is 0 Å². The second-order valence-electron chi connectivity index (χ2n) is 7.14. The molecule has 4 aromatic rings. The number of aromatic nitrogens is 1. The molecule has 29 heavy (non-hydrogen) atoms. The van der Waals surface area contributed by atoms with Crippen LogP contribution in [0.2, 0.25) is 0 Å². The van der Waals surface area contributed by atoms with Crippen LogP contribution < -0.4 is 10.2 Å². The van der Waals surface area contributed by atoms with Crippen molar-refractivity contribution in [2.45, 2.75) is 13.0 Å². The number of anilines is 1. The third kappa shape index (κ3) is 4.85. The maximum Gasteiger partial charge on any atom is 0.239 e. The van der Waals surface area contributed by atoms with Crippen molar-refractivity contribution in [2.24, 2.45) is 0 Å². The standard InChI is InChI=1S/C25H25N3O/c29-25(26-16-15-21-17-27-24-14-8-7-13-23(21)24)19-28(22-11-5-2-6-12-22)18-20-9-3-1-4-10-20/h1-14,17,27H,15-16,18-19H2,(H,26,29). The number of hydrogen-bond acceptors (Lipinski definition) is 2. The van der Waals surface area contributed by atoms with E-state index in [-0.39, 0.29) is 5.91 Å². The van der Waals surface area contributed by atoms with Crippen molar-refractivity contribution in [3.63, 3.8) is 0 Å². The average Bonchev–Trinajstić information content (AvgIpc) is 3.18. The van der Waals surface area contributed by atoms with Crippen LogP contribution in [-0.4, -0.2) is 24.0 Å². The molecule has 1 aromatic heterocycles. The monoisotopic (exact) mass is 383 g/mol. The van der Waals surface area contributed by atoms with Gasteiger partial charge in [-0.05, 0) is 35.7 Å². The molecule has 2 N–H and O–H groups in total. The molecule has 0 aliphatic carbocycles. The Balaban J connectivity index is 1.37. The van der Waals surface area contributed by atoms with Crippen molar-refractivity contribution < 1.29 is 4.79 Å². The molecule has 0 saturated carbocycles. The van der Waals surface area contributed by atoms with E-state index in [4.69, 9.17) is 0 Å². The second-order valence-corrected chi connectivity index (χ2v) is 7.14. The van der Waals surface area contributed by atoms with Gasteiger partial charge in [0.2, 0.25) is 5.91 Å². The Morgan fingerprint density at radius 1 is 0.862 bits per heavy atom. The summed E-state index contributed by atoms with van der Waals surface area (Å²) in [4.78, 5) is 18.0. The molecule has 4 rings (SSSR count). The first-order chi connectivity index (χ1) is 14.3. The van der Waals surface area contributed by atoms with Crippen LogP contribution in [0.15, 0.2) is 91.1 Å². The number of carbonyl (C=O) groups excluding carboxylic acids is 1. The molecule has 0 radical (unpaired) electrons. The SMILES string of the molecule is O=C(CN(Cc1ccccc1)c1ccccc1)NCCc1c[nH]c2ccccc12. The molecule has 0 fully saturated rings. The summed E-state index contributed by atoms with van der Waals surface area (Å²) in [6.45, 7) is 1.64. The first kappa shape index (κ1) is 18.8. The van der Waals surface area contributed by atoms with E-state index < -0.39 is 0 Å². The van der Waals surface area contributed by atoms with Gasteiger partial charge < -0.3 is 15.2 Å². The number of carbonyl (C=O) groups is 1. The Labute approximate surface area is 171 Å². The molecule has 3 aromatic carbocycles. The van der Waals surface area contributed by atoms with E-state index in [0.717, 1.165) is 17.6 Å². The fourth-order valence-corrected chi connectivity index (χ4v) is 3.59. The summed E-state index contributed by atoms with van der Waals surface area (Å²) in [5.41, 5.74) is 4.59. The molecule has 1 heterocycles. The summed E-state index contributed by atoms with van der Waals surface area (Å²) in [6.07, 6.45) is 2.84. The van der Waals surface area contributed by atoms with E-state index in [1.807, 2.05) is 66.9 Å².